The monoisotopic (exact) mass is 278 g/mol. The number of aryl methyl sites for hydroxylation is 1. The van der Waals surface area contributed by atoms with Gasteiger partial charge in [0.15, 0.2) is 10.9 Å². The Morgan fingerprint density at radius 3 is 2.79 bits per heavy atom. The van der Waals surface area contributed by atoms with Crippen molar-refractivity contribution in [1.82, 2.24) is 4.98 Å². The van der Waals surface area contributed by atoms with Gasteiger partial charge in [-0.3, -0.25) is 4.79 Å². The van der Waals surface area contributed by atoms with Crippen molar-refractivity contribution in [1.29, 1.82) is 0 Å². The summed E-state index contributed by atoms with van der Waals surface area (Å²) >= 11 is 1.63. The minimum absolute atomic E-state index is 0.311. The van der Waals surface area contributed by atoms with E-state index in [-0.39, 0.29) is 0 Å². The van der Waals surface area contributed by atoms with Crippen LogP contribution in [-0.4, -0.2) is 23.9 Å². The van der Waals surface area contributed by atoms with Crippen molar-refractivity contribution >= 4 is 22.3 Å². The summed E-state index contributed by atoms with van der Waals surface area (Å²) in [5.41, 5.74) is 1.06. The third kappa shape index (κ3) is 2.69. The highest BCUT2D eigenvalue weighted by Gasteiger charge is 2.26. The van der Waals surface area contributed by atoms with Crippen molar-refractivity contribution in [3.63, 3.8) is 0 Å². The number of thiazole rings is 1. The Hall–Kier alpha value is -0.900. The smallest absolute Gasteiger partial charge is 0.186 e. The summed E-state index contributed by atoms with van der Waals surface area (Å²) in [6.07, 6.45) is 7.91. The standard InChI is InChI=1S/C15H22N2OS/c1-2-4-11-7-9-17(10-8-11)15-16-12-5-3-6-13(18)14(12)19-15/h11H,2-10H2,1H3. The lowest BCUT2D eigenvalue weighted by molar-refractivity contribution is 0.0976. The minimum Gasteiger partial charge on any atom is -0.348 e. The second-order valence-corrected chi connectivity index (χ2v) is 6.75. The number of nitrogens with zero attached hydrogens (tertiary/aromatic N) is 2. The van der Waals surface area contributed by atoms with Gasteiger partial charge in [-0.15, -0.1) is 0 Å². The van der Waals surface area contributed by atoms with E-state index < -0.39 is 0 Å². The Kier molecular flexibility index (Phi) is 3.87. The van der Waals surface area contributed by atoms with Gasteiger partial charge in [-0.1, -0.05) is 31.1 Å². The van der Waals surface area contributed by atoms with Crippen molar-refractivity contribution in [3.05, 3.63) is 10.6 Å². The molecule has 1 saturated heterocycles. The number of hydrogen-bond acceptors (Lipinski definition) is 4. The summed E-state index contributed by atoms with van der Waals surface area (Å²) in [5, 5.41) is 1.09. The fourth-order valence-electron chi connectivity index (χ4n) is 3.21. The predicted molar refractivity (Wildman–Crippen MR) is 79.2 cm³/mol. The number of ketones is 1. The lowest BCUT2D eigenvalue weighted by Gasteiger charge is -2.31. The van der Waals surface area contributed by atoms with Crippen LogP contribution in [0.4, 0.5) is 5.13 Å². The molecule has 1 aliphatic carbocycles. The van der Waals surface area contributed by atoms with Crippen LogP contribution in [0.25, 0.3) is 0 Å². The Morgan fingerprint density at radius 1 is 1.32 bits per heavy atom. The average molecular weight is 278 g/mol. The van der Waals surface area contributed by atoms with E-state index >= 15 is 0 Å². The molecule has 1 aromatic rings. The number of piperidine rings is 1. The maximum atomic E-state index is 11.9. The van der Waals surface area contributed by atoms with Gasteiger partial charge in [0.05, 0.1) is 10.6 Å². The molecule has 2 aliphatic rings. The largest absolute Gasteiger partial charge is 0.348 e. The third-order valence-corrected chi connectivity index (χ3v) is 5.54. The SMILES string of the molecule is CCCC1CCN(c2nc3c(s2)C(=O)CCC3)CC1. The topological polar surface area (TPSA) is 33.2 Å². The van der Waals surface area contributed by atoms with Crippen LogP contribution in [0.5, 0.6) is 0 Å². The molecular weight excluding hydrogens is 256 g/mol. The molecule has 104 valence electrons. The molecule has 0 spiro atoms. The zero-order valence-corrected chi connectivity index (χ0v) is 12.5. The van der Waals surface area contributed by atoms with Gasteiger partial charge in [-0.2, -0.15) is 0 Å². The highest BCUT2D eigenvalue weighted by molar-refractivity contribution is 7.17. The van der Waals surface area contributed by atoms with Gasteiger partial charge in [0, 0.05) is 19.5 Å². The van der Waals surface area contributed by atoms with Crippen LogP contribution in [0.15, 0.2) is 0 Å². The third-order valence-electron chi connectivity index (χ3n) is 4.34. The molecular formula is C15H22N2OS. The molecule has 0 bridgehead atoms. The van der Waals surface area contributed by atoms with Crippen molar-refractivity contribution < 1.29 is 4.79 Å². The molecule has 0 radical (unpaired) electrons. The van der Waals surface area contributed by atoms with Gasteiger partial charge in [0.25, 0.3) is 0 Å². The molecule has 4 heteroatoms. The molecule has 1 fully saturated rings. The summed E-state index contributed by atoms with van der Waals surface area (Å²) in [5.74, 6) is 1.21. The zero-order valence-electron chi connectivity index (χ0n) is 11.7. The van der Waals surface area contributed by atoms with Crippen molar-refractivity contribution in [2.75, 3.05) is 18.0 Å². The average Bonchev–Trinajstić information content (AvgIpc) is 2.85. The number of anilines is 1. The van der Waals surface area contributed by atoms with Crippen LogP contribution in [0, 0.1) is 5.92 Å². The van der Waals surface area contributed by atoms with Crippen molar-refractivity contribution in [2.45, 2.75) is 51.9 Å². The van der Waals surface area contributed by atoms with Crippen LogP contribution in [0.1, 0.15) is 60.8 Å². The molecule has 0 atom stereocenters. The number of aromatic nitrogens is 1. The summed E-state index contributed by atoms with van der Waals surface area (Å²) in [4.78, 5) is 19.9. The number of carbonyl (C=O) groups excluding carboxylic acids is 1. The van der Waals surface area contributed by atoms with E-state index in [1.807, 2.05) is 0 Å². The molecule has 3 nitrogen and oxygen atoms in total. The van der Waals surface area contributed by atoms with E-state index in [1.165, 1.54) is 25.7 Å². The van der Waals surface area contributed by atoms with Crippen LogP contribution in [0.2, 0.25) is 0 Å². The Balaban J connectivity index is 1.69. The van der Waals surface area contributed by atoms with Gasteiger partial charge in [-0.25, -0.2) is 4.98 Å². The van der Waals surface area contributed by atoms with Gasteiger partial charge < -0.3 is 4.90 Å². The molecule has 19 heavy (non-hydrogen) atoms. The molecule has 0 amide bonds. The fourth-order valence-corrected chi connectivity index (χ4v) is 4.34. The van der Waals surface area contributed by atoms with Gasteiger partial charge in [-0.05, 0) is 31.6 Å². The lowest BCUT2D eigenvalue weighted by atomic mass is 9.93. The number of rotatable bonds is 3. The van der Waals surface area contributed by atoms with Crippen molar-refractivity contribution in [3.8, 4) is 0 Å². The Labute approximate surface area is 119 Å². The second-order valence-electron chi connectivity index (χ2n) is 5.77. The van der Waals surface area contributed by atoms with Gasteiger partial charge >= 0.3 is 0 Å². The van der Waals surface area contributed by atoms with Gasteiger partial charge in [0.1, 0.15) is 0 Å². The molecule has 0 N–H and O–H groups in total. The van der Waals surface area contributed by atoms with E-state index in [2.05, 4.69) is 11.8 Å². The van der Waals surface area contributed by atoms with E-state index in [4.69, 9.17) is 4.98 Å². The first-order valence-corrected chi connectivity index (χ1v) is 8.37. The van der Waals surface area contributed by atoms with E-state index in [0.29, 0.717) is 12.2 Å². The second kappa shape index (κ2) is 5.61. The zero-order chi connectivity index (χ0) is 13.2. The normalized spacial score (nSPS) is 20.7. The molecule has 0 unspecified atom stereocenters. The Morgan fingerprint density at radius 2 is 2.11 bits per heavy atom. The molecule has 0 aromatic carbocycles. The quantitative estimate of drug-likeness (QED) is 0.845. The van der Waals surface area contributed by atoms with Crippen molar-refractivity contribution in [2.24, 2.45) is 5.92 Å². The van der Waals surface area contributed by atoms with E-state index in [0.717, 1.165) is 47.6 Å². The van der Waals surface area contributed by atoms with Crippen LogP contribution >= 0.6 is 11.3 Å². The summed E-state index contributed by atoms with van der Waals surface area (Å²) in [6, 6.07) is 0. The molecule has 1 aromatic heterocycles. The molecule has 0 saturated carbocycles. The minimum atomic E-state index is 0.311. The highest BCUT2D eigenvalue weighted by Crippen LogP contribution is 2.34. The fraction of sp³-hybridized carbons (Fsp3) is 0.733. The number of Topliss-reactive ketones (excluding diaryl/α,β-unsaturated/α-hetero) is 1. The summed E-state index contributed by atoms with van der Waals surface area (Å²) < 4.78 is 0. The first-order chi connectivity index (χ1) is 9.28. The number of fused-ring (bicyclic) bond motifs is 1. The lowest BCUT2D eigenvalue weighted by Crippen LogP contribution is -2.33. The van der Waals surface area contributed by atoms with E-state index in [9.17, 15) is 4.79 Å². The number of hydrogen-bond donors (Lipinski definition) is 0. The van der Waals surface area contributed by atoms with E-state index in [1.54, 1.807) is 11.3 Å². The maximum absolute atomic E-state index is 11.9. The molecule has 1 aliphatic heterocycles. The van der Waals surface area contributed by atoms with Crippen LogP contribution in [0.3, 0.4) is 0 Å². The first-order valence-electron chi connectivity index (χ1n) is 7.55. The number of carbonyl (C=O) groups is 1. The maximum Gasteiger partial charge on any atom is 0.186 e. The summed E-state index contributed by atoms with van der Waals surface area (Å²) in [6.45, 7) is 4.50. The highest BCUT2D eigenvalue weighted by atomic mass is 32.1. The summed E-state index contributed by atoms with van der Waals surface area (Å²) in [7, 11) is 0. The van der Waals surface area contributed by atoms with Crippen LogP contribution in [-0.2, 0) is 6.42 Å². The molecule has 3 rings (SSSR count). The molecule has 2 heterocycles. The Bertz CT molecular complexity index is 461. The predicted octanol–water partition coefficient (Wildman–Crippen LogP) is 3.68. The van der Waals surface area contributed by atoms with Crippen LogP contribution < -0.4 is 4.90 Å². The van der Waals surface area contributed by atoms with Gasteiger partial charge in [0.2, 0.25) is 0 Å². The first kappa shape index (κ1) is 13.1.